The van der Waals surface area contributed by atoms with Gasteiger partial charge in [0.05, 0.1) is 12.1 Å². The number of carboxylic acid groups (broad SMARTS) is 1. The zero-order valence-electron chi connectivity index (χ0n) is 8.81. The van der Waals surface area contributed by atoms with Crippen LogP contribution in [0, 0.1) is 0 Å². The Morgan fingerprint density at radius 1 is 1.53 bits per heavy atom. The van der Waals surface area contributed by atoms with Crippen LogP contribution < -0.4 is 4.74 Å². The van der Waals surface area contributed by atoms with Crippen molar-refractivity contribution >= 4 is 17.6 Å². The molecule has 5 nitrogen and oxygen atoms in total. The van der Waals surface area contributed by atoms with Crippen LogP contribution in [0.15, 0.2) is 29.0 Å². The molecule has 1 aromatic carbocycles. The maximum absolute atomic E-state index is 10.9. The van der Waals surface area contributed by atoms with Crippen molar-refractivity contribution in [3.63, 3.8) is 0 Å². The number of ether oxygens (including phenoxy) is 1. The molecule has 2 rings (SSSR count). The molecular weight excluding hydrogens is 246 g/mol. The predicted octanol–water partition coefficient (Wildman–Crippen LogP) is 2.70. The minimum Gasteiger partial charge on any atom is -0.495 e. The van der Waals surface area contributed by atoms with Crippen molar-refractivity contribution in [1.82, 2.24) is 5.16 Å². The molecule has 0 atom stereocenters. The molecule has 17 heavy (non-hydrogen) atoms. The summed E-state index contributed by atoms with van der Waals surface area (Å²) < 4.78 is 9.66. The van der Waals surface area contributed by atoms with Crippen LogP contribution in [0.4, 0.5) is 0 Å². The van der Waals surface area contributed by atoms with Crippen LogP contribution in [0.25, 0.3) is 11.3 Å². The number of aromatic carboxylic acids is 1. The molecule has 0 aliphatic heterocycles. The predicted molar refractivity (Wildman–Crippen MR) is 60.5 cm³/mol. The first-order valence-corrected chi connectivity index (χ1v) is 5.03. The van der Waals surface area contributed by atoms with Crippen LogP contribution in [-0.2, 0) is 0 Å². The first-order valence-electron chi connectivity index (χ1n) is 4.65. The summed E-state index contributed by atoms with van der Waals surface area (Å²) in [4.78, 5) is 10.9. The van der Waals surface area contributed by atoms with Gasteiger partial charge in [-0.2, -0.15) is 0 Å². The van der Waals surface area contributed by atoms with Crippen LogP contribution in [-0.4, -0.2) is 23.3 Å². The Morgan fingerprint density at radius 2 is 2.29 bits per heavy atom. The van der Waals surface area contributed by atoms with Gasteiger partial charge in [0, 0.05) is 5.56 Å². The largest absolute Gasteiger partial charge is 0.495 e. The van der Waals surface area contributed by atoms with Crippen LogP contribution in [0.1, 0.15) is 10.4 Å². The molecule has 1 aromatic heterocycles. The van der Waals surface area contributed by atoms with Gasteiger partial charge in [0.15, 0.2) is 0 Å². The first-order chi connectivity index (χ1) is 8.13. The van der Waals surface area contributed by atoms with Gasteiger partial charge in [-0.15, -0.1) is 0 Å². The Hall–Kier alpha value is -2.01. The highest BCUT2D eigenvalue weighted by molar-refractivity contribution is 6.32. The maximum Gasteiger partial charge on any atom is 0.341 e. The lowest BCUT2D eigenvalue weighted by Crippen LogP contribution is -1.96. The Balaban J connectivity index is 2.50. The second kappa shape index (κ2) is 4.47. The van der Waals surface area contributed by atoms with E-state index in [1.165, 1.54) is 7.11 Å². The number of rotatable bonds is 3. The lowest BCUT2D eigenvalue weighted by Gasteiger charge is -2.04. The summed E-state index contributed by atoms with van der Waals surface area (Å²) in [5.74, 6) is -0.594. The third-order valence-electron chi connectivity index (χ3n) is 2.23. The Kier molecular flexibility index (Phi) is 3.01. The molecule has 88 valence electrons. The molecule has 0 saturated heterocycles. The summed E-state index contributed by atoms with van der Waals surface area (Å²) in [6.45, 7) is 0. The SMILES string of the molecule is COc1ccc(-c2nocc2C(=O)O)cc1Cl. The first kappa shape index (κ1) is 11.5. The van der Waals surface area contributed by atoms with E-state index in [0.717, 1.165) is 6.26 Å². The standard InChI is InChI=1S/C11H8ClNO4/c1-16-9-3-2-6(4-8(9)12)10-7(11(14)15)5-17-13-10/h2-5H,1H3,(H,14,15). The fourth-order valence-electron chi connectivity index (χ4n) is 1.41. The van der Waals surface area contributed by atoms with E-state index in [-0.39, 0.29) is 11.3 Å². The van der Waals surface area contributed by atoms with Crippen molar-refractivity contribution in [3.8, 4) is 17.0 Å². The van der Waals surface area contributed by atoms with Gasteiger partial charge >= 0.3 is 5.97 Å². The summed E-state index contributed by atoms with van der Waals surface area (Å²) in [6.07, 6.45) is 1.08. The van der Waals surface area contributed by atoms with E-state index >= 15 is 0 Å². The van der Waals surface area contributed by atoms with Crippen molar-refractivity contribution < 1.29 is 19.2 Å². The quantitative estimate of drug-likeness (QED) is 0.910. The van der Waals surface area contributed by atoms with Crippen molar-refractivity contribution in [3.05, 3.63) is 35.0 Å². The molecule has 1 N–H and O–H groups in total. The molecule has 6 heteroatoms. The van der Waals surface area contributed by atoms with Crippen molar-refractivity contribution in [1.29, 1.82) is 0 Å². The van der Waals surface area contributed by atoms with Crippen LogP contribution in [0.3, 0.4) is 0 Å². The molecule has 0 spiro atoms. The molecule has 0 unspecified atom stereocenters. The van der Waals surface area contributed by atoms with Gasteiger partial charge in [0.1, 0.15) is 23.3 Å². The second-order valence-electron chi connectivity index (χ2n) is 3.23. The summed E-state index contributed by atoms with van der Waals surface area (Å²) in [7, 11) is 1.50. The molecule has 0 saturated carbocycles. The van der Waals surface area contributed by atoms with Crippen LogP contribution >= 0.6 is 11.6 Å². The minimum atomic E-state index is -1.10. The van der Waals surface area contributed by atoms with E-state index in [1.54, 1.807) is 18.2 Å². The number of halogens is 1. The number of hydrogen-bond donors (Lipinski definition) is 1. The van der Waals surface area contributed by atoms with Gasteiger partial charge in [-0.25, -0.2) is 4.79 Å². The molecule has 2 aromatic rings. The van der Waals surface area contributed by atoms with Gasteiger partial charge in [-0.3, -0.25) is 0 Å². The molecule has 0 fully saturated rings. The van der Waals surface area contributed by atoms with Crippen molar-refractivity contribution in [2.75, 3.05) is 7.11 Å². The minimum absolute atomic E-state index is 0.00812. The number of benzene rings is 1. The molecule has 0 aliphatic carbocycles. The van der Waals surface area contributed by atoms with E-state index in [0.29, 0.717) is 16.3 Å². The van der Waals surface area contributed by atoms with Gasteiger partial charge in [-0.1, -0.05) is 16.8 Å². The highest BCUT2D eigenvalue weighted by Gasteiger charge is 2.17. The molecule has 0 amide bonds. The summed E-state index contributed by atoms with van der Waals surface area (Å²) >= 11 is 5.95. The number of carbonyl (C=O) groups is 1. The van der Waals surface area contributed by atoms with Gasteiger partial charge in [-0.05, 0) is 18.2 Å². The van der Waals surface area contributed by atoms with E-state index in [9.17, 15) is 4.79 Å². The molecular formula is C11H8ClNO4. The summed E-state index contributed by atoms with van der Waals surface area (Å²) in [5.41, 5.74) is 0.787. The number of nitrogens with zero attached hydrogens (tertiary/aromatic N) is 1. The molecule has 0 aliphatic rings. The molecule has 0 bridgehead atoms. The number of carboxylic acids is 1. The third-order valence-corrected chi connectivity index (χ3v) is 2.52. The topological polar surface area (TPSA) is 72.6 Å². The smallest absolute Gasteiger partial charge is 0.341 e. The lowest BCUT2D eigenvalue weighted by molar-refractivity contribution is 0.0697. The average Bonchev–Trinajstić information content (AvgIpc) is 2.77. The fraction of sp³-hybridized carbons (Fsp3) is 0.0909. The summed E-state index contributed by atoms with van der Waals surface area (Å²) in [5, 5.41) is 13.0. The molecule has 1 heterocycles. The normalized spacial score (nSPS) is 10.2. The number of hydrogen-bond acceptors (Lipinski definition) is 4. The highest BCUT2D eigenvalue weighted by atomic mass is 35.5. The third kappa shape index (κ3) is 2.09. The van der Waals surface area contributed by atoms with Crippen molar-refractivity contribution in [2.24, 2.45) is 0 Å². The number of aromatic nitrogens is 1. The van der Waals surface area contributed by atoms with E-state index < -0.39 is 5.97 Å². The fourth-order valence-corrected chi connectivity index (χ4v) is 1.67. The number of methoxy groups -OCH3 is 1. The zero-order chi connectivity index (χ0) is 12.4. The lowest BCUT2D eigenvalue weighted by atomic mass is 10.1. The highest BCUT2D eigenvalue weighted by Crippen LogP contribution is 2.30. The van der Waals surface area contributed by atoms with E-state index in [2.05, 4.69) is 9.68 Å². The Morgan fingerprint density at radius 3 is 2.88 bits per heavy atom. The van der Waals surface area contributed by atoms with E-state index in [4.69, 9.17) is 21.4 Å². The average molecular weight is 254 g/mol. The molecule has 0 radical (unpaired) electrons. The van der Waals surface area contributed by atoms with Gasteiger partial charge in [0.25, 0.3) is 0 Å². The second-order valence-corrected chi connectivity index (χ2v) is 3.64. The van der Waals surface area contributed by atoms with E-state index in [1.807, 2.05) is 0 Å². The summed E-state index contributed by atoms with van der Waals surface area (Å²) in [6, 6.07) is 4.87. The maximum atomic E-state index is 10.9. The Bertz CT molecular complexity index is 564. The van der Waals surface area contributed by atoms with Crippen molar-refractivity contribution in [2.45, 2.75) is 0 Å². The van der Waals surface area contributed by atoms with Gasteiger partial charge < -0.3 is 14.4 Å². The Labute approximate surface area is 102 Å². The van der Waals surface area contributed by atoms with Crippen LogP contribution in [0.5, 0.6) is 5.75 Å². The zero-order valence-corrected chi connectivity index (χ0v) is 9.56. The van der Waals surface area contributed by atoms with Crippen LogP contribution in [0.2, 0.25) is 5.02 Å². The monoisotopic (exact) mass is 253 g/mol. The van der Waals surface area contributed by atoms with Gasteiger partial charge in [0.2, 0.25) is 0 Å².